The van der Waals surface area contributed by atoms with Gasteiger partial charge in [-0.25, -0.2) is 4.98 Å². The van der Waals surface area contributed by atoms with Crippen LogP contribution in [-0.2, 0) is 5.75 Å². The molecule has 0 aliphatic carbocycles. The second kappa shape index (κ2) is 5.94. The highest BCUT2D eigenvalue weighted by Gasteiger charge is 1.99. The quantitative estimate of drug-likeness (QED) is 0.615. The lowest BCUT2D eigenvalue weighted by Gasteiger charge is -2.03. The summed E-state index contributed by atoms with van der Waals surface area (Å²) in [4.78, 5) is 5.43. The molecule has 4 heteroatoms. The second-order valence-electron chi connectivity index (χ2n) is 3.42. The Labute approximate surface area is 110 Å². The fourth-order valence-electron chi connectivity index (χ4n) is 1.36. The molecule has 0 unspecified atom stereocenters. The highest BCUT2D eigenvalue weighted by atomic mass is 35.5. The van der Waals surface area contributed by atoms with Crippen molar-refractivity contribution in [3.8, 4) is 5.75 Å². The van der Waals surface area contributed by atoms with Crippen molar-refractivity contribution in [2.75, 3.05) is 7.11 Å². The first-order valence-electron chi connectivity index (χ1n) is 5.16. The molecule has 17 heavy (non-hydrogen) atoms. The molecule has 2 nitrogen and oxygen atoms in total. The lowest BCUT2D eigenvalue weighted by Crippen LogP contribution is -1.86. The van der Waals surface area contributed by atoms with Crippen LogP contribution >= 0.6 is 23.4 Å². The molecule has 0 aliphatic rings. The lowest BCUT2D eigenvalue weighted by molar-refractivity contribution is 0.414. The summed E-state index contributed by atoms with van der Waals surface area (Å²) < 4.78 is 5.11. The third-order valence-electron chi connectivity index (χ3n) is 2.22. The van der Waals surface area contributed by atoms with Gasteiger partial charge in [0.2, 0.25) is 0 Å². The number of ether oxygens (including phenoxy) is 1. The molecule has 2 rings (SSSR count). The maximum absolute atomic E-state index is 5.83. The largest absolute Gasteiger partial charge is 0.497 e. The van der Waals surface area contributed by atoms with Gasteiger partial charge in [-0.3, -0.25) is 0 Å². The van der Waals surface area contributed by atoms with Crippen molar-refractivity contribution in [2.24, 2.45) is 0 Å². The summed E-state index contributed by atoms with van der Waals surface area (Å²) in [5, 5.41) is 0.540. The molecule has 0 radical (unpaired) electrons. The standard InChI is InChI=1S/C13H12ClNOS/c1-16-11-5-7-12(8-6-11)17-9-10-3-2-4-13(14)15-10/h2-8H,9H2,1H3. The average molecular weight is 266 g/mol. The summed E-state index contributed by atoms with van der Waals surface area (Å²) in [5.41, 5.74) is 0.985. The van der Waals surface area contributed by atoms with Crippen LogP contribution in [-0.4, -0.2) is 12.1 Å². The molecule has 0 bridgehead atoms. The van der Waals surface area contributed by atoms with E-state index >= 15 is 0 Å². The number of nitrogens with zero attached hydrogens (tertiary/aromatic N) is 1. The Bertz CT molecular complexity index is 487. The highest BCUT2D eigenvalue weighted by Crippen LogP contribution is 2.24. The molecule has 88 valence electrons. The van der Waals surface area contributed by atoms with Crippen molar-refractivity contribution in [1.29, 1.82) is 0 Å². The van der Waals surface area contributed by atoms with Crippen LogP contribution in [0.1, 0.15) is 5.69 Å². The predicted molar refractivity (Wildman–Crippen MR) is 71.8 cm³/mol. The normalized spacial score (nSPS) is 10.2. The molecular weight excluding hydrogens is 254 g/mol. The van der Waals surface area contributed by atoms with Crippen molar-refractivity contribution in [1.82, 2.24) is 4.98 Å². The SMILES string of the molecule is COc1ccc(SCc2cccc(Cl)n2)cc1. The van der Waals surface area contributed by atoms with Gasteiger partial charge in [-0.2, -0.15) is 0 Å². The molecule has 1 heterocycles. The minimum atomic E-state index is 0.540. The first-order chi connectivity index (χ1) is 8.28. The molecule has 1 aromatic heterocycles. The zero-order valence-corrected chi connectivity index (χ0v) is 11.0. The predicted octanol–water partition coefficient (Wildman–Crippen LogP) is 4.04. The fourth-order valence-corrected chi connectivity index (χ4v) is 2.35. The van der Waals surface area contributed by atoms with Gasteiger partial charge in [-0.05, 0) is 36.4 Å². The van der Waals surface area contributed by atoms with E-state index in [1.54, 1.807) is 24.9 Å². The Kier molecular flexibility index (Phi) is 4.29. The Morgan fingerprint density at radius 3 is 2.59 bits per heavy atom. The van der Waals surface area contributed by atoms with E-state index in [-0.39, 0.29) is 0 Å². The number of hydrogen-bond donors (Lipinski definition) is 0. The maximum Gasteiger partial charge on any atom is 0.129 e. The molecule has 0 spiro atoms. The second-order valence-corrected chi connectivity index (χ2v) is 4.85. The third kappa shape index (κ3) is 3.65. The van der Waals surface area contributed by atoms with Crippen LogP contribution in [0, 0.1) is 0 Å². The van der Waals surface area contributed by atoms with Crippen LogP contribution < -0.4 is 4.74 Å². The number of hydrogen-bond acceptors (Lipinski definition) is 3. The molecule has 0 N–H and O–H groups in total. The van der Waals surface area contributed by atoms with Gasteiger partial charge in [-0.15, -0.1) is 11.8 Å². The van der Waals surface area contributed by atoms with Crippen molar-refractivity contribution in [3.05, 3.63) is 53.3 Å². The first-order valence-corrected chi connectivity index (χ1v) is 6.52. The summed E-state index contributed by atoms with van der Waals surface area (Å²) in [6.45, 7) is 0. The van der Waals surface area contributed by atoms with Gasteiger partial charge in [0.05, 0.1) is 12.8 Å². The molecule has 0 aliphatic heterocycles. The van der Waals surface area contributed by atoms with Crippen LogP contribution in [0.4, 0.5) is 0 Å². The van der Waals surface area contributed by atoms with Crippen molar-refractivity contribution < 1.29 is 4.74 Å². The van der Waals surface area contributed by atoms with E-state index in [1.165, 1.54) is 4.90 Å². The van der Waals surface area contributed by atoms with Gasteiger partial charge >= 0.3 is 0 Å². The van der Waals surface area contributed by atoms with Gasteiger partial charge in [0, 0.05) is 10.6 Å². The summed E-state index contributed by atoms with van der Waals surface area (Å²) in [6.07, 6.45) is 0. The van der Waals surface area contributed by atoms with Crippen LogP contribution in [0.15, 0.2) is 47.4 Å². The van der Waals surface area contributed by atoms with E-state index < -0.39 is 0 Å². The Morgan fingerprint density at radius 1 is 1.18 bits per heavy atom. The van der Waals surface area contributed by atoms with Crippen molar-refractivity contribution >= 4 is 23.4 Å². The van der Waals surface area contributed by atoms with E-state index in [0.29, 0.717) is 5.15 Å². The van der Waals surface area contributed by atoms with Gasteiger partial charge in [0.1, 0.15) is 10.9 Å². The summed E-state index contributed by atoms with van der Waals surface area (Å²) in [7, 11) is 1.66. The minimum Gasteiger partial charge on any atom is -0.497 e. The number of pyridine rings is 1. The van der Waals surface area contributed by atoms with Crippen LogP contribution in [0.2, 0.25) is 5.15 Å². The third-order valence-corrected chi connectivity index (χ3v) is 3.48. The van der Waals surface area contributed by atoms with E-state index in [4.69, 9.17) is 16.3 Å². The van der Waals surface area contributed by atoms with Crippen molar-refractivity contribution in [2.45, 2.75) is 10.6 Å². The molecule has 0 atom stereocenters. The zero-order chi connectivity index (χ0) is 12.1. The Hall–Kier alpha value is -1.19. The first kappa shape index (κ1) is 12.3. The summed E-state index contributed by atoms with van der Waals surface area (Å²) in [5.74, 6) is 1.68. The molecule has 0 saturated carbocycles. The van der Waals surface area contributed by atoms with Crippen LogP contribution in [0.5, 0.6) is 5.75 Å². The van der Waals surface area contributed by atoms with Crippen molar-refractivity contribution in [3.63, 3.8) is 0 Å². The highest BCUT2D eigenvalue weighted by molar-refractivity contribution is 7.98. The van der Waals surface area contributed by atoms with E-state index in [1.807, 2.05) is 36.4 Å². The fraction of sp³-hybridized carbons (Fsp3) is 0.154. The smallest absolute Gasteiger partial charge is 0.129 e. The summed E-state index contributed by atoms with van der Waals surface area (Å²) >= 11 is 7.55. The topological polar surface area (TPSA) is 22.1 Å². The summed E-state index contributed by atoms with van der Waals surface area (Å²) in [6, 6.07) is 13.6. The van der Waals surface area contributed by atoms with Crippen LogP contribution in [0.25, 0.3) is 0 Å². The monoisotopic (exact) mass is 265 g/mol. The number of rotatable bonds is 4. The molecule has 0 fully saturated rings. The van der Waals surface area contributed by atoms with E-state index in [2.05, 4.69) is 4.98 Å². The number of halogens is 1. The average Bonchev–Trinajstić information content (AvgIpc) is 2.37. The number of thioether (sulfide) groups is 1. The molecule has 0 amide bonds. The Balaban J connectivity index is 1.97. The lowest BCUT2D eigenvalue weighted by atomic mass is 10.3. The van der Waals surface area contributed by atoms with Gasteiger partial charge in [-0.1, -0.05) is 17.7 Å². The number of aromatic nitrogens is 1. The minimum absolute atomic E-state index is 0.540. The number of methoxy groups -OCH3 is 1. The molecular formula is C13H12ClNOS. The van der Waals surface area contributed by atoms with Gasteiger partial charge in [0.15, 0.2) is 0 Å². The Morgan fingerprint density at radius 2 is 1.94 bits per heavy atom. The molecule has 2 aromatic rings. The molecule has 0 saturated heterocycles. The van der Waals surface area contributed by atoms with Crippen LogP contribution in [0.3, 0.4) is 0 Å². The van der Waals surface area contributed by atoms with Gasteiger partial charge in [0.25, 0.3) is 0 Å². The zero-order valence-electron chi connectivity index (χ0n) is 9.39. The van der Waals surface area contributed by atoms with E-state index in [9.17, 15) is 0 Å². The molecule has 1 aromatic carbocycles. The maximum atomic E-state index is 5.83. The van der Waals surface area contributed by atoms with E-state index in [0.717, 1.165) is 17.2 Å². The number of benzene rings is 1. The van der Waals surface area contributed by atoms with Gasteiger partial charge < -0.3 is 4.74 Å².